The fourth-order valence-corrected chi connectivity index (χ4v) is 7.24. The predicted molar refractivity (Wildman–Crippen MR) is 242 cm³/mol. The second-order valence-electron chi connectivity index (χ2n) is 13.8. The van der Waals surface area contributed by atoms with Crippen LogP contribution in [-0.2, 0) is 6.54 Å². The fourth-order valence-electron chi connectivity index (χ4n) is 7.24. The Morgan fingerprint density at radius 1 is 0.414 bits per heavy atom. The molecule has 6 heteroatoms. The summed E-state index contributed by atoms with van der Waals surface area (Å²) in [4.78, 5) is 18.7. The number of fused-ring (bicyclic) bond motifs is 3. The number of hydrogen-bond acceptors (Lipinski definition) is 4. The van der Waals surface area contributed by atoms with Crippen LogP contribution in [0.2, 0.25) is 0 Å². The standard InChI is InChI=1S/C52H39N5O/c1-53-51(55-52(39-19-9-3-10-20-39)54-37-38-17-7-2-8-18-38)40-27-33-47-48-34-32-46(36-50(48)58-49(47)35-40)57(43-25-15-6-16-26-43)45-30-28-44(29-31-45)56(41-21-11-4-12-22-41)42-23-13-5-14-24-42/h2-36H,1,37H2. The van der Waals surface area contributed by atoms with Crippen molar-refractivity contribution < 1.29 is 4.42 Å². The maximum Gasteiger partial charge on any atom is 0.161 e. The summed E-state index contributed by atoms with van der Waals surface area (Å²) in [6.45, 7) is 4.38. The van der Waals surface area contributed by atoms with Crippen LogP contribution in [0.4, 0.5) is 34.1 Å². The molecule has 0 amide bonds. The van der Waals surface area contributed by atoms with Crippen LogP contribution in [0.25, 0.3) is 21.9 Å². The van der Waals surface area contributed by atoms with Crippen molar-refractivity contribution in [1.82, 2.24) is 0 Å². The van der Waals surface area contributed by atoms with Crippen LogP contribution in [0.3, 0.4) is 0 Å². The van der Waals surface area contributed by atoms with Gasteiger partial charge in [0.05, 0.1) is 6.54 Å². The van der Waals surface area contributed by atoms with E-state index in [4.69, 9.17) is 14.4 Å². The average molecular weight is 750 g/mol. The third-order valence-electron chi connectivity index (χ3n) is 10.0. The Kier molecular flexibility index (Phi) is 10.2. The van der Waals surface area contributed by atoms with Crippen LogP contribution in [-0.4, -0.2) is 18.4 Å². The smallest absolute Gasteiger partial charge is 0.161 e. The third-order valence-corrected chi connectivity index (χ3v) is 10.0. The summed E-state index contributed by atoms with van der Waals surface area (Å²) in [5.74, 6) is 1.05. The fraction of sp³-hybridized carbons (Fsp3) is 0.0192. The predicted octanol–water partition coefficient (Wildman–Crippen LogP) is 13.6. The zero-order valence-electron chi connectivity index (χ0n) is 31.8. The molecule has 0 N–H and O–H groups in total. The number of nitrogens with zero attached hydrogens (tertiary/aromatic N) is 5. The van der Waals surface area contributed by atoms with Gasteiger partial charge < -0.3 is 14.2 Å². The first kappa shape index (κ1) is 35.8. The Labute approximate surface area is 338 Å². The van der Waals surface area contributed by atoms with E-state index in [0.29, 0.717) is 18.2 Å². The minimum atomic E-state index is 0.468. The van der Waals surface area contributed by atoms with Gasteiger partial charge in [-0.1, -0.05) is 121 Å². The lowest BCUT2D eigenvalue weighted by atomic mass is 10.1. The van der Waals surface area contributed by atoms with Crippen molar-refractivity contribution in [3.8, 4) is 0 Å². The zero-order valence-corrected chi connectivity index (χ0v) is 31.8. The molecule has 0 saturated carbocycles. The highest BCUT2D eigenvalue weighted by molar-refractivity contribution is 6.15. The molecule has 0 spiro atoms. The van der Waals surface area contributed by atoms with Gasteiger partial charge in [0.25, 0.3) is 0 Å². The first-order valence-electron chi connectivity index (χ1n) is 19.2. The minimum absolute atomic E-state index is 0.468. The molecule has 0 unspecified atom stereocenters. The summed E-state index contributed by atoms with van der Waals surface area (Å²) < 4.78 is 6.61. The number of hydrogen-bond donors (Lipinski definition) is 0. The number of para-hydroxylation sites is 3. The average Bonchev–Trinajstić information content (AvgIpc) is 3.66. The number of amidine groups is 2. The molecule has 0 saturated heterocycles. The summed E-state index contributed by atoms with van der Waals surface area (Å²) in [6.07, 6.45) is 0. The van der Waals surface area contributed by atoms with Crippen molar-refractivity contribution in [2.45, 2.75) is 6.54 Å². The van der Waals surface area contributed by atoms with Gasteiger partial charge in [-0.3, -0.25) is 4.99 Å². The van der Waals surface area contributed by atoms with E-state index in [1.54, 1.807) is 0 Å². The molecule has 278 valence electrons. The summed E-state index contributed by atoms with van der Waals surface area (Å²) in [7, 11) is 0. The van der Waals surface area contributed by atoms with Gasteiger partial charge in [-0.05, 0) is 97.2 Å². The Bertz CT molecular complexity index is 2820. The van der Waals surface area contributed by atoms with Gasteiger partial charge in [0.1, 0.15) is 11.2 Å². The molecule has 1 aromatic heterocycles. The number of aliphatic imine (C=N–C) groups is 3. The molecule has 0 fully saturated rings. The maximum absolute atomic E-state index is 6.61. The Morgan fingerprint density at radius 2 is 0.845 bits per heavy atom. The Morgan fingerprint density at radius 3 is 1.38 bits per heavy atom. The van der Waals surface area contributed by atoms with Gasteiger partial charge in [-0.25, -0.2) is 9.98 Å². The summed E-state index contributed by atoms with van der Waals surface area (Å²) >= 11 is 0. The van der Waals surface area contributed by atoms with Crippen molar-refractivity contribution in [3.63, 3.8) is 0 Å². The lowest BCUT2D eigenvalue weighted by Gasteiger charge is -2.28. The molecule has 0 aliphatic rings. The van der Waals surface area contributed by atoms with Gasteiger partial charge in [0, 0.05) is 62.1 Å². The Balaban J connectivity index is 1.07. The van der Waals surface area contributed by atoms with Crippen molar-refractivity contribution in [1.29, 1.82) is 0 Å². The van der Waals surface area contributed by atoms with Crippen LogP contribution < -0.4 is 9.80 Å². The summed E-state index contributed by atoms with van der Waals surface area (Å²) in [6, 6.07) is 72.6. The molecule has 0 aliphatic heterocycles. The van der Waals surface area contributed by atoms with Crippen LogP contribution >= 0.6 is 0 Å². The Hall–Kier alpha value is -7.83. The van der Waals surface area contributed by atoms with E-state index >= 15 is 0 Å². The quantitative estimate of drug-likeness (QED) is 0.103. The molecule has 9 rings (SSSR count). The number of anilines is 6. The molecule has 58 heavy (non-hydrogen) atoms. The van der Waals surface area contributed by atoms with E-state index in [1.807, 2.05) is 78.9 Å². The first-order chi connectivity index (χ1) is 28.7. The molecule has 0 aliphatic carbocycles. The topological polar surface area (TPSA) is 56.7 Å². The lowest BCUT2D eigenvalue weighted by Crippen LogP contribution is -2.12. The SMILES string of the molecule is C=NC(=NC(=NCc1ccccc1)c1ccccc1)c1ccc2c(c1)oc1cc(N(c3ccccc3)c3ccc(N(c4ccccc4)c4ccccc4)cc3)ccc12. The second kappa shape index (κ2) is 16.5. The molecule has 6 nitrogen and oxygen atoms in total. The molecular weight excluding hydrogens is 711 g/mol. The largest absolute Gasteiger partial charge is 0.456 e. The van der Waals surface area contributed by atoms with E-state index in [9.17, 15) is 0 Å². The minimum Gasteiger partial charge on any atom is -0.456 e. The molecular formula is C52H39N5O. The maximum atomic E-state index is 6.61. The summed E-state index contributed by atoms with van der Waals surface area (Å²) in [5, 5.41) is 2.03. The second-order valence-corrected chi connectivity index (χ2v) is 13.8. The highest BCUT2D eigenvalue weighted by atomic mass is 16.3. The molecule has 8 aromatic carbocycles. The van der Waals surface area contributed by atoms with Gasteiger partial charge in [0.2, 0.25) is 0 Å². The van der Waals surface area contributed by atoms with Gasteiger partial charge >= 0.3 is 0 Å². The monoisotopic (exact) mass is 749 g/mol. The van der Waals surface area contributed by atoms with Gasteiger partial charge in [-0.15, -0.1) is 0 Å². The third kappa shape index (κ3) is 7.55. The van der Waals surface area contributed by atoms with Crippen molar-refractivity contribution in [2.24, 2.45) is 15.0 Å². The van der Waals surface area contributed by atoms with E-state index in [2.05, 4.69) is 155 Å². The molecule has 1 heterocycles. The lowest BCUT2D eigenvalue weighted by molar-refractivity contribution is 0.669. The normalized spacial score (nSPS) is 11.8. The van der Waals surface area contributed by atoms with Crippen LogP contribution in [0.1, 0.15) is 16.7 Å². The first-order valence-corrected chi connectivity index (χ1v) is 19.2. The van der Waals surface area contributed by atoms with Crippen molar-refractivity contribution >= 4 is 74.5 Å². The zero-order chi connectivity index (χ0) is 39.1. The number of benzene rings is 8. The highest BCUT2D eigenvalue weighted by Crippen LogP contribution is 2.41. The molecule has 0 atom stereocenters. The molecule has 9 aromatic rings. The van der Waals surface area contributed by atoms with Crippen molar-refractivity contribution in [2.75, 3.05) is 9.80 Å². The van der Waals surface area contributed by atoms with E-state index in [0.717, 1.165) is 72.8 Å². The number of furan rings is 1. The molecule has 0 radical (unpaired) electrons. The van der Waals surface area contributed by atoms with E-state index in [-0.39, 0.29) is 0 Å². The van der Waals surface area contributed by atoms with E-state index < -0.39 is 0 Å². The van der Waals surface area contributed by atoms with Crippen LogP contribution in [0.5, 0.6) is 0 Å². The van der Waals surface area contributed by atoms with Crippen LogP contribution in [0, 0.1) is 0 Å². The van der Waals surface area contributed by atoms with Crippen molar-refractivity contribution in [3.05, 3.63) is 229 Å². The molecule has 0 bridgehead atoms. The van der Waals surface area contributed by atoms with E-state index in [1.165, 1.54) is 0 Å². The van der Waals surface area contributed by atoms with Gasteiger partial charge in [-0.2, -0.15) is 0 Å². The van der Waals surface area contributed by atoms with Gasteiger partial charge in [0.15, 0.2) is 11.7 Å². The summed E-state index contributed by atoms with van der Waals surface area (Å²) in [5.41, 5.74) is 10.6. The van der Waals surface area contributed by atoms with Crippen LogP contribution in [0.15, 0.2) is 232 Å². The highest BCUT2D eigenvalue weighted by Gasteiger charge is 2.18. The number of rotatable bonds is 10.